The molecule has 0 heterocycles. The highest BCUT2D eigenvalue weighted by Gasteiger charge is 2.09. The maximum absolute atomic E-state index is 11.4. The molecular weight excluding hydrogens is 252 g/mol. The van der Waals surface area contributed by atoms with E-state index in [1.54, 1.807) is 7.05 Å². The lowest BCUT2D eigenvalue weighted by atomic mass is 10.2. The number of hydrogen-bond donors (Lipinski definition) is 2. The Morgan fingerprint density at radius 1 is 1.00 bits per heavy atom. The van der Waals surface area contributed by atoms with Crippen LogP contribution in [0.15, 0.2) is 54.6 Å². The number of para-hydroxylation sites is 1. The molecule has 2 rings (SSSR count). The van der Waals surface area contributed by atoms with Crippen molar-refractivity contribution in [3.63, 3.8) is 0 Å². The van der Waals surface area contributed by atoms with E-state index in [1.165, 1.54) is 0 Å². The molecule has 2 N–H and O–H groups in total. The van der Waals surface area contributed by atoms with Crippen molar-refractivity contribution < 1.29 is 9.53 Å². The first-order valence-corrected chi connectivity index (χ1v) is 6.50. The minimum absolute atomic E-state index is 0.0467. The van der Waals surface area contributed by atoms with Crippen molar-refractivity contribution in [2.24, 2.45) is 0 Å². The third kappa shape index (κ3) is 3.75. The molecule has 0 aliphatic carbocycles. The van der Waals surface area contributed by atoms with Crippen molar-refractivity contribution in [1.82, 2.24) is 5.32 Å². The molecule has 0 radical (unpaired) electrons. The number of likely N-dealkylation sites (N-methyl/N-ethyl adjacent to an activating group) is 1. The van der Waals surface area contributed by atoms with E-state index >= 15 is 0 Å². The average molecular weight is 270 g/mol. The summed E-state index contributed by atoms with van der Waals surface area (Å²) in [6, 6.07) is 16.8. The molecule has 1 unspecified atom stereocenters. The van der Waals surface area contributed by atoms with Crippen molar-refractivity contribution in [3.8, 4) is 11.5 Å². The molecule has 0 bridgehead atoms. The average Bonchev–Trinajstić information content (AvgIpc) is 2.49. The largest absolute Gasteiger partial charge is 0.457 e. The Balaban J connectivity index is 1.98. The maximum Gasteiger partial charge on any atom is 0.241 e. The third-order valence-corrected chi connectivity index (χ3v) is 2.86. The monoisotopic (exact) mass is 270 g/mol. The minimum atomic E-state index is -0.277. The highest BCUT2D eigenvalue weighted by atomic mass is 16.5. The third-order valence-electron chi connectivity index (χ3n) is 2.86. The lowest BCUT2D eigenvalue weighted by Crippen LogP contribution is -2.35. The fraction of sp³-hybridized carbons (Fsp3) is 0.188. The van der Waals surface area contributed by atoms with Crippen LogP contribution >= 0.6 is 0 Å². The summed E-state index contributed by atoms with van der Waals surface area (Å²) in [7, 11) is 1.62. The topological polar surface area (TPSA) is 50.4 Å². The molecule has 0 aliphatic rings. The Morgan fingerprint density at radius 3 is 2.20 bits per heavy atom. The number of carbonyl (C=O) groups is 1. The van der Waals surface area contributed by atoms with Gasteiger partial charge in [0.15, 0.2) is 0 Å². The molecular formula is C16H18N2O2. The zero-order valence-electron chi connectivity index (χ0n) is 11.6. The van der Waals surface area contributed by atoms with Gasteiger partial charge in [0.25, 0.3) is 0 Å². The number of hydrogen-bond acceptors (Lipinski definition) is 3. The predicted octanol–water partition coefficient (Wildman–Crippen LogP) is 3.03. The van der Waals surface area contributed by atoms with Gasteiger partial charge in [0.1, 0.15) is 17.5 Å². The lowest BCUT2D eigenvalue weighted by Gasteiger charge is -2.14. The zero-order chi connectivity index (χ0) is 14.4. The van der Waals surface area contributed by atoms with Gasteiger partial charge in [0, 0.05) is 12.7 Å². The Labute approximate surface area is 118 Å². The second-order valence-corrected chi connectivity index (χ2v) is 4.42. The maximum atomic E-state index is 11.4. The quantitative estimate of drug-likeness (QED) is 0.878. The first-order valence-electron chi connectivity index (χ1n) is 6.50. The van der Waals surface area contributed by atoms with Gasteiger partial charge >= 0.3 is 0 Å². The van der Waals surface area contributed by atoms with Gasteiger partial charge in [-0.15, -0.1) is 0 Å². The summed E-state index contributed by atoms with van der Waals surface area (Å²) in [5, 5.41) is 5.72. The molecule has 0 spiro atoms. The van der Waals surface area contributed by atoms with Crippen LogP contribution in [0.2, 0.25) is 0 Å². The summed E-state index contributed by atoms with van der Waals surface area (Å²) in [5.74, 6) is 1.51. The van der Waals surface area contributed by atoms with Gasteiger partial charge in [-0.25, -0.2) is 0 Å². The van der Waals surface area contributed by atoms with Crippen molar-refractivity contribution in [2.75, 3.05) is 12.4 Å². The van der Waals surface area contributed by atoms with E-state index in [-0.39, 0.29) is 11.9 Å². The number of carbonyl (C=O) groups excluding carboxylic acids is 1. The highest BCUT2D eigenvalue weighted by molar-refractivity contribution is 5.83. The van der Waals surface area contributed by atoms with Crippen LogP contribution in [0.1, 0.15) is 6.92 Å². The molecule has 1 amide bonds. The van der Waals surface area contributed by atoms with E-state index in [2.05, 4.69) is 10.6 Å². The molecule has 2 aromatic rings. The second kappa shape index (κ2) is 6.61. The van der Waals surface area contributed by atoms with Crippen LogP contribution in [-0.2, 0) is 4.79 Å². The van der Waals surface area contributed by atoms with Crippen LogP contribution in [0.5, 0.6) is 11.5 Å². The number of benzene rings is 2. The summed E-state index contributed by atoms with van der Waals surface area (Å²) in [6.07, 6.45) is 0. The van der Waals surface area contributed by atoms with Gasteiger partial charge in [-0.2, -0.15) is 0 Å². The number of nitrogens with one attached hydrogen (secondary N) is 2. The SMILES string of the molecule is CNC(=O)C(C)Nc1ccc(Oc2ccccc2)cc1. The number of anilines is 1. The lowest BCUT2D eigenvalue weighted by molar-refractivity contribution is -0.121. The van der Waals surface area contributed by atoms with Crippen molar-refractivity contribution in [2.45, 2.75) is 13.0 Å². The normalized spacial score (nSPS) is 11.5. The molecule has 1 atom stereocenters. The van der Waals surface area contributed by atoms with Gasteiger partial charge in [-0.05, 0) is 43.3 Å². The second-order valence-electron chi connectivity index (χ2n) is 4.42. The zero-order valence-corrected chi connectivity index (χ0v) is 11.6. The highest BCUT2D eigenvalue weighted by Crippen LogP contribution is 2.22. The van der Waals surface area contributed by atoms with Gasteiger partial charge in [-0.3, -0.25) is 4.79 Å². The molecule has 0 aromatic heterocycles. The standard InChI is InChI=1S/C16H18N2O2/c1-12(16(19)17-2)18-13-8-10-15(11-9-13)20-14-6-4-3-5-7-14/h3-12,18H,1-2H3,(H,17,19). The number of ether oxygens (including phenoxy) is 1. The Kier molecular flexibility index (Phi) is 4.60. The molecule has 2 aromatic carbocycles. The number of amides is 1. The van der Waals surface area contributed by atoms with E-state index in [4.69, 9.17) is 4.74 Å². The van der Waals surface area contributed by atoms with E-state index in [0.29, 0.717) is 0 Å². The first kappa shape index (κ1) is 13.9. The smallest absolute Gasteiger partial charge is 0.241 e. The molecule has 0 aliphatic heterocycles. The fourth-order valence-electron chi connectivity index (χ4n) is 1.78. The summed E-state index contributed by atoms with van der Waals surface area (Å²) in [6.45, 7) is 1.81. The van der Waals surface area contributed by atoms with Crippen molar-refractivity contribution in [3.05, 3.63) is 54.6 Å². The molecule has 0 saturated carbocycles. The van der Waals surface area contributed by atoms with Crippen LogP contribution in [0.4, 0.5) is 5.69 Å². The van der Waals surface area contributed by atoms with Crippen molar-refractivity contribution >= 4 is 11.6 Å². The Hall–Kier alpha value is -2.49. The van der Waals surface area contributed by atoms with E-state index in [0.717, 1.165) is 17.2 Å². The van der Waals surface area contributed by atoms with Gasteiger partial charge < -0.3 is 15.4 Å². The van der Waals surface area contributed by atoms with Crippen LogP contribution in [0.3, 0.4) is 0 Å². The van der Waals surface area contributed by atoms with E-state index in [9.17, 15) is 4.79 Å². The summed E-state index contributed by atoms with van der Waals surface area (Å²) in [4.78, 5) is 11.4. The van der Waals surface area contributed by atoms with Gasteiger partial charge in [0.05, 0.1) is 0 Å². The van der Waals surface area contributed by atoms with Gasteiger partial charge in [0.2, 0.25) is 5.91 Å². The molecule has 20 heavy (non-hydrogen) atoms. The van der Waals surface area contributed by atoms with Crippen LogP contribution < -0.4 is 15.4 Å². The summed E-state index contributed by atoms with van der Waals surface area (Å²) >= 11 is 0. The Bertz CT molecular complexity index is 552. The first-order chi connectivity index (χ1) is 9.69. The van der Waals surface area contributed by atoms with Crippen LogP contribution in [0, 0.1) is 0 Å². The summed E-state index contributed by atoms with van der Waals surface area (Å²) < 4.78 is 5.70. The van der Waals surface area contributed by atoms with Crippen LogP contribution in [-0.4, -0.2) is 19.0 Å². The van der Waals surface area contributed by atoms with Gasteiger partial charge in [-0.1, -0.05) is 18.2 Å². The summed E-state index contributed by atoms with van der Waals surface area (Å²) in [5.41, 5.74) is 0.876. The van der Waals surface area contributed by atoms with Crippen LogP contribution in [0.25, 0.3) is 0 Å². The predicted molar refractivity (Wildman–Crippen MR) is 80.1 cm³/mol. The van der Waals surface area contributed by atoms with E-state index < -0.39 is 0 Å². The van der Waals surface area contributed by atoms with Crippen molar-refractivity contribution in [1.29, 1.82) is 0 Å². The Morgan fingerprint density at radius 2 is 1.60 bits per heavy atom. The molecule has 0 saturated heterocycles. The molecule has 4 heteroatoms. The molecule has 0 fully saturated rings. The molecule has 104 valence electrons. The fourth-order valence-corrected chi connectivity index (χ4v) is 1.78. The number of rotatable bonds is 5. The van der Waals surface area contributed by atoms with E-state index in [1.807, 2.05) is 61.5 Å². The minimum Gasteiger partial charge on any atom is -0.457 e. The molecule has 4 nitrogen and oxygen atoms in total.